The van der Waals surface area contributed by atoms with E-state index in [2.05, 4.69) is 0 Å². The van der Waals surface area contributed by atoms with Crippen molar-refractivity contribution in [1.82, 2.24) is 4.90 Å². The Bertz CT molecular complexity index is 207. The van der Waals surface area contributed by atoms with Gasteiger partial charge in [-0.15, -0.1) is 0 Å². The fraction of sp³-hybridized carbons (Fsp3) is 0.778. The third kappa shape index (κ3) is 1.76. The summed E-state index contributed by atoms with van der Waals surface area (Å²) in [4.78, 5) is 12.8. The van der Waals surface area contributed by atoms with Crippen molar-refractivity contribution in [2.45, 2.75) is 32.6 Å². The van der Waals surface area contributed by atoms with Crippen LogP contribution >= 0.6 is 0 Å². The SMILES string of the molecule is CCC1CCCCN(C#N)C1=O. The number of hydrogen-bond donors (Lipinski definition) is 0. The van der Waals surface area contributed by atoms with Gasteiger partial charge in [0, 0.05) is 12.5 Å². The van der Waals surface area contributed by atoms with Crippen LogP contribution in [0.15, 0.2) is 0 Å². The number of carbonyl (C=O) groups is 1. The molecule has 1 saturated heterocycles. The Morgan fingerprint density at radius 3 is 3.00 bits per heavy atom. The summed E-state index contributed by atoms with van der Waals surface area (Å²) in [5.74, 6) is 0.115. The summed E-state index contributed by atoms with van der Waals surface area (Å²) in [6, 6.07) is 0. The molecule has 1 rings (SSSR count). The molecule has 0 aromatic heterocycles. The van der Waals surface area contributed by atoms with E-state index >= 15 is 0 Å². The van der Waals surface area contributed by atoms with Crippen molar-refractivity contribution >= 4 is 5.91 Å². The van der Waals surface area contributed by atoms with Gasteiger partial charge in [-0.05, 0) is 19.3 Å². The standard InChI is InChI=1S/C9H14N2O/c1-2-8-5-3-4-6-11(7-10)9(8)12/h8H,2-6H2,1H3. The van der Waals surface area contributed by atoms with Crippen LogP contribution in [0.2, 0.25) is 0 Å². The van der Waals surface area contributed by atoms with Crippen LogP contribution in [0.4, 0.5) is 0 Å². The molecule has 0 saturated carbocycles. The smallest absolute Gasteiger partial charge is 0.238 e. The fourth-order valence-corrected chi connectivity index (χ4v) is 1.59. The molecule has 0 N–H and O–H groups in total. The first-order valence-corrected chi connectivity index (χ1v) is 4.50. The molecule has 3 heteroatoms. The molecule has 66 valence electrons. The summed E-state index contributed by atoms with van der Waals surface area (Å²) in [6.45, 7) is 2.62. The van der Waals surface area contributed by atoms with Crippen LogP contribution in [0, 0.1) is 17.4 Å². The second-order valence-electron chi connectivity index (χ2n) is 3.19. The Morgan fingerprint density at radius 2 is 2.42 bits per heavy atom. The maximum atomic E-state index is 11.5. The van der Waals surface area contributed by atoms with Crippen molar-refractivity contribution < 1.29 is 4.79 Å². The molecule has 0 aliphatic carbocycles. The lowest BCUT2D eigenvalue weighted by Crippen LogP contribution is -2.30. The zero-order valence-corrected chi connectivity index (χ0v) is 7.42. The monoisotopic (exact) mass is 166 g/mol. The molecule has 0 aromatic carbocycles. The van der Waals surface area contributed by atoms with Crippen molar-refractivity contribution in [2.24, 2.45) is 5.92 Å². The van der Waals surface area contributed by atoms with Gasteiger partial charge in [0.1, 0.15) is 0 Å². The first kappa shape index (κ1) is 9.05. The van der Waals surface area contributed by atoms with E-state index in [1.165, 1.54) is 4.90 Å². The maximum absolute atomic E-state index is 11.5. The van der Waals surface area contributed by atoms with Crippen LogP contribution in [-0.4, -0.2) is 17.4 Å². The first-order chi connectivity index (χ1) is 5.79. The molecule has 1 aliphatic heterocycles. The first-order valence-electron chi connectivity index (χ1n) is 4.50. The Balaban J connectivity index is 2.67. The van der Waals surface area contributed by atoms with Gasteiger partial charge in [0.15, 0.2) is 6.19 Å². The van der Waals surface area contributed by atoms with Gasteiger partial charge in [-0.25, -0.2) is 4.90 Å². The minimum Gasteiger partial charge on any atom is -0.273 e. The molecule has 1 atom stereocenters. The molecule has 0 bridgehead atoms. The van der Waals surface area contributed by atoms with E-state index < -0.39 is 0 Å². The zero-order chi connectivity index (χ0) is 8.97. The van der Waals surface area contributed by atoms with E-state index in [9.17, 15) is 4.79 Å². The lowest BCUT2D eigenvalue weighted by Gasteiger charge is -2.14. The Kier molecular flexibility index (Phi) is 3.09. The fourth-order valence-electron chi connectivity index (χ4n) is 1.59. The number of carbonyl (C=O) groups excluding carboxylic acids is 1. The van der Waals surface area contributed by atoms with Gasteiger partial charge in [-0.1, -0.05) is 13.3 Å². The van der Waals surface area contributed by atoms with E-state index in [0.29, 0.717) is 6.54 Å². The molecule has 0 aromatic rings. The van der Waals surface area contributed by atoms with Crippen molar-refractivity contribution in [3.05, 3.63) is 0 Å². The number of amides is 1. The molecule has 1 unspecified atom stereocenters. The van der Waals surface area contributed by atoms with E-state index in [1.54, 1.807) is 0 Å². The van der Waals surface area contributed by atoms with Gasteiger partial charge in [0.2, 0.25) is 5.91 Å². The number of hydrogen-bond acceptors (Lipinski definition) is 2. The molecule has 3 nitrogen and oxygen atoms in total. The van der Waals surface area contributed by atoms with Crippen molar-refractivity contribution in [3.63, 3.8) is 0 Å². The maximum Gasteiger partial charge on any atom is 0.238 e. The molecule has 12 heavy (non-hydrogen) atoms. The van der Waals surface area contributed by atoms with Gasteiger partial charge in [-0.2, -0.15) is 5.26 Å². The minimum absolute atomic E-state index is 0.0255. The summed E-state index contributed by atoms with van der Waals surface area (Å²) in [6.07, 6.45) is 5.79. The van der Waals surface area contributed by atoms with Crippen LogP contribution in [-0.2, 0) is 4.79 Å². The van der Waals surface area contributed by atoms with Crippen molar-refractivity contribution in [1.29, 1.82) is 5.26 Å². The van der Waals surface area contributed by atoms with Crippen molar-refractivity contribution in [2.75, 3.05) is 6.54 Å². The molecular weight excluding hydrogens is 152 g/mol. The Hall–Kier alpha value is -1.04. The van der Waals surface area contributed by atoms with E-state index in [4.69, 9.17) is 5.26 Å². The third-order valence-corrected chi connectivity index (χ3v) is 2.41. The highest BCUT2D eigenvalue weighted by atomic mass is 16.2. The van der Waals surface area contributed by atoms with Crippen LogP contribution in [0.3, 0.4) is 0 Å². The summed E-state index contributed by atoms with van der Waals surface area (Å²) in [7, 11) is 0. The molecular formula is C9H14N2O. The molecule has 1 aliphatic rings. The van der Waals surface area contributed by atoms with Crippen LogP contribution in [0.5, 0.6) is 0 Å². The zero-order valence-electron chi connectivity index (χ0n) is 7.42. The second-order valence-corrected chi connectivity index (χ2v) is 3.19. The summed E-state index contributed by atoms with van der Waals surface area (Å²) in [5, 5.41) is 8.65. The van der Waals surface area contributed by atoms with E-state index in [1.807, 2.05) is 13.1 Å². The second kappa shape index (κ2) is 4.10. The average Bonchev–Trinajstić information content (AvgIpc) is 2.27. The predicted molar refractivity (Wildman–Crippen MR) is 45.0 cm³/mol. The Labute approximate surface area is 73.0 Å². The number of nitriles is 1. The van der Waals surface area contributed by atoms with Crippen LogP contribution in [0.1, 0.15) is 32.6 Å². The molecule has 1 heterocycles. The topological polar surface area (TPSA) is 44.1 Å². The summed E-state index contributed by atoms with van der Waals surface area (Å²) >= 11 is 0. The lowest BCUT2D eigenvalue weighted by molar-refractivity contribution is -0.131. The normalized spacial score (nSPS) is 24.8. The quantitative estimate of drug-likeness (QED) is 0.554. The lowest BCUT2D eigenvalue weighted by atomic mass is 10.00. The van der Waals surface area contributed by atoms with E-state index in [-0.39, 0.29) is 11.8 Å². The molecule has 0 radical (unpaired) electrons. The number of nitrogens with zero attached hydrogens (tertiary/aromatic N) is 2. The van der Waals surface area contributed by atoms with Gasteiger partial charge >= 0.3 is 0 Å². The highest BCUT2D eigenvalue weighted by molar-refractivity contribution is 5.80. The molecule has 1 amide bonds. The highest BCUT2D eigenvalue weighted by Crippen LogP contribution is 2.19. The minimum atomic E-state index is 0.0255. The van der Waals surface area contributed by atoms with Gasteiger partial charge in [0.05, 0.1) is 0 Å². The highest BCUT2D eigenvalue weighted by Gasteiger charge is 2.24. The summed E-state index contributed by atoms with van der Waals surface area (Å²) < 4.78 is 0. The third-order valence-electron chi connectivity index (χ3n) is 2.41. The van der Waals surface area contributed by atoms with Crippen molar-refractivity contribution in [3.8, 4) is 6.19 Å². The van der Waals surface area contributed by atoms with Crippen LogP contribution in [0.25, 0.3) is 0 Å². The van der Waals surface area contributed by atoms with E-state index in [0.717, 1.165) is 25.7 Å². The molecule has 1 fully saturated rings. The van der Waals surface area contributed by atoms with Gasteiger partial charge < -0.3 is 0 Å². The number of likely N-dealkylation sites (tertiary alicyclic amines) is 1. The van der Waals surface area contributed by atoms with Gasteiger partial charge in [0.25, 0.3) is 0 Å². The molecule has 0 spiro atoms. The Morgan fingerprint density at radius 1 is 1.67 bits per heavy atom. The number of rotatable bonds is 1. The van der Waals surface area contributed by atoms with Crippen LogP contribution < -0.4 is 0 Å². The average molecular weight is 166 g/mol. The largest absolute Gasteiger partial charge is 0.273 e. The van der Waals surface area contributed by atoms with Gasteiger partial charge in [-0.3, -0.25) is 4.79 Å². The predicted octanol–water partition coefficient (Wildman–Crippen LogP) is 1.51. The summed E-state index contributed by atoms with van der Waals surface area (Å²) in [5.41, 5.74) is 0.